The van der Waals surface area contributed by atoms with Gasteiger partial charge in [-0.2, -0.15) is 4.31 Å². The molecular formula is C17H19NO2S. The average Bonchev–Trinajstić information content (AvgIpc) is 2.99. The Morgan fingerprint density at radius 3 is 2.38 bits per heavy atom. The minimum atomic E-state index is -3.43. The maximum atomic E-state index is 13.0. The summed E-state index contributed by atoms with van der Waals surface area (Å²) in [6.07, 6.45) is 1.79. The molecule has 0 bridgehead atoms. The Balaban J connectivity index is 2.01. The van der Waals surface area contributed by atoms with Crippen LogP contribution in [0.15, 0.2) is 59.5 Å². The van der Waals surface area contributed by atoms with Crippen LogP contribution in [0.2, 0.25) is 0 Å². The van der Waals surface area contributed by atoms with Crippen molar-refractivity contribution >= 4 is 10.0 Å². The number of hydrogen-bond acceptors (Lipinski definition) is 2. The molecule has 110 valence electrons. The zero-order chi connectivity index (χ0) is 14.9. The number of rotatable bonds is 3. The van der Waals surface area contributed by atoms with Crippen LogP contribution >= 0.6 is 0 Å². The van der Waals surface area contributed by atoms with Crippen LogP contribution < -0.4 is 0 Å². The van der Waals surface area contributed by atoms with E-state index in [-0.39, 0.29) is 6.04 Å². The molecule has 3 rings (SSSR count). The largest absolute Gasteiger partial charge is 0.243 e. The first-order valence-electron chi connectivity index (χ1n) is 7.23. The molecule has 21 heavy (non-hydrogen) atoms. The molecule has 1 fully saturated rings. The van der Waals surface area contributed by atoms with E-state index in [0.717, 1.165) is 24.0 Å². The summed E-state index contributed by atoms with van der Waals surface area (Å²) in [6.45, 7) is 2.44. The molecule has 2 aromatic carbocycles. The minimum Gasteiger partial charge on any atom is -0.207 e. The number of benzene rings is 2. The molecule has 0 radical (unpaired) electrons. The number of nitrogens with zero attached hydrogens (tertiary/aromatic N) is 1. The standard InChI is InChI=1S/C17H19NO2S/c1-14-8-5-6-12-17(14)21(19,20)18-13-7-11-16(18)15-9-3-2-4-10-15/h2-6,8-10,12,16H,7,11,13H2,1H3. The lowest BCUT2D eigenvalue weighted by molar-refractivity contribution is 0.396. The highest BCUT2D eigenvalue weighted by molar-refractivity contribution is 7.89. The topological polar surface area (TPSA) is 37.4 Å². The lowest BCUT2D eigenvalue weighted by Crippen LogP contribution is -2.31. The van der Waals surface area contributed by atoms with Crippen LogP contribution in [-0.2, 0) is 10.0 Å². The molecule has 1 saturated heterocycles. The van der Waals surface area contributed by atoms with Gasteiger partial charge in [0.15, 0.2) is 0 Å². The third-order valence-corrected chi connectivity index (χ3v) is 6.14. The van der Waals surface area contributed by atoms with Crippen LogP contribution in [0.5, 0.6) is 0 Å². The van der Waals surface area contributed by atoms with Gasteiger partial charge in [0.1, 0.15) is 0 Å². The molecule has 4 heteroatoms. The summed E-state index contributed by atoms with van der Waals surface area (Å²) in [5.41, 5.74) is 1.88. The van der Waals surface area contributed by atoms with E-state index >= 15 is 0 Å². The minimum absolute atomic E-state index is 0.0455. The highest BCUT2D eigenvalue weighted by Gasteiger charge is 2.36. The van der Waals surface area contributed by atoms with E-state index in [0.29, 0.717) is 11.4 Å². The zero-order valence-corrected chi connectivity index (χ0v) is 12.9. The third kappa shape index (κ3) is 2.61. The Hall–Kier alpha value is -1.65. The molecule has 0 saturated carbocycles. The van der Waals surface area contributed by atoms with Crippen molar-refractivity contribution in [2.45, 2.75) is 30.7 Å². The fourth-order valence-electron chi connectivity index (χ4n) is 3.01. The fraction of sp³-hybridized carbons (Fsp3) is 0.294. The van der Waals surface area contributed by atoms with Crippen LogP contribution in [0.25, 0.3) is 0 Å². The summed E-state index contributed by atoms with van der Waals surface area (Å²) in [7, 11) is -3.43. The molecule has 1 atom stereocenters. The van der Waals surface area contributed by atoms with E-state index in [2.05, 4.69) is 0 Å². The maximum absolute atomic E-state index is 13.0. The SMILES string of the molecule is Cc1ccccc1S(=O)(=O)N1CCCC1c1ccccc1. The molecule has 1 unspecified atom stereocenters. The number of aryl methyl sites for hydroxylation is 1. The molecule has 2 aromatic rings. The Bertz CT molecular complexity index is 725. The summed E-state index contributed by atoms with van der Waals surface area (Å²) in [5, 5.41) is 0. The molecule has 1 aliphatic rings. The molecule has 0 spiro atoms. The second-order valence-electron chi connectivity index (χ2n) is 5.45. The van der Waals surface area contributed by atoms with Crippen LogP contribution in [0.1, 0.15) is 30.0 Å². The first-order chi connectivity index (χ1) is 10.1. The quantitative estimate of drug-likeness (QED) is 0.870. The van der Waals surface area contributed by atoms with Gasteiger partial charge in [0.05, 0.1) is 10.9 Å². The predicted octanol–water partition coefficient (Wildman–Crippen LogP) is 3.52. The summed E-state index contributed by atoms with van der Waals surface area (Å²) in [5.74, 6) is 0. The lowest BCUT2D eigenvalue weighted by atomic mass is 10.1. The van der Waals surface area contributed by atoms with Gasteiger partial charge in [-0.25, -0.2) is 8.42 Å². The van der Waals surface area contributed by atoms with E-state index in [1.54, 1.807) is 16.4 Å². The monoisotopic (exact) mass is 301 g/mol. The normalized spacial score (nSPS) is 19.8. The van der Waals surface area contributed by atoms with E-state index in [1.165, 1.54) is 0 Å². The summed E-state index contributed by atoms with van der Waals surface area (Å²) >= 11 is 0. The molecule has 1 heterocycles. The van der Waals surface area contributed by atoms with Crippen molar-refractivity contribution < 1.29 is 8.42 Å². The molecule has 0 amide bonds. The number of hydrogen-bond donors (Lipinski definition) is 0. The maximum Gasteiger partial charge on any atom is 0.243 e. The van der Waals surface area contributed by atoms with Crippen molar-refractivity contribution in [2.75, 3.05) is 6.54 Å². The van der Waals surface area contributed by atoms with Crippen LogP contribution in [-0.4, -0.2) is 19.3 Å². The highest BCUT2D eigenvalue weighted by Crippen LogP contribution is 2.36. The van der Waals surface area contributed by atoms with Crippen molar-refractivity contribution in [3.63, 3.8) is 0 Å². The molecule has 3 nitrogen and oxygen atoms in total. The third-order valence-electron chi connectivity index (χ3n) is 4.07. The van der Waals surface area contributed by atoms with E-state index in [9.17, 15) is 8.42 Å². The molecule has 0 aromatic heterocycles. The van der Waals surface area contributed by atoms with Gasteiger partial charge in [-0.3, -0.25) is 0 Å². The first kappa shape index (κ1) is 14.3. The van der Waals surface area contributed by atoms with Gasteiger partial charge < -0.3 is 0 Å². The van der Waals surface area contributed by atoms with E-state index in [4.69, 9.17) is 0 Å². The van der Waals surface area contributed by atoms with Crippen molar-refractivity contribution in [2.24, 2.45) is 0 Å². The van der Waals surface area contributed by atoms with Crippen molar-refractivity contribution in [3.8, 4) is 0 Å². The van der Waals surface area contributed by atoms with Gasteiger partial charge in [0.2, 0.25) is 10.0 Å². The van der Waals surface area contributed by atoms with Gasteiger partial charge in [-0.05, 0) is 37.0 Å². The predicted molar refractivity (Wildman–Crippen MR) is 83.5 cm³/mol. The Labute approximate surface area is 126 Å². The number of sulfonamides is 1. The second-order valence-corrected chi connectivity index (χ2v) is 7.31. The van der Waals surface area contributed by atoms with E-state index < -0.39 is 10.0 Å². The smallest absolute Gasteiger partial charge is 0.207 e. The summed E-state index contributed by atoms with van der Waals surface area (Å²) < 4.78 is 27.6. The highest BCUT2D eigenvalue weighted by atomic mass is 32.2. The summed E-state index contributed by atoms with van der Waals surface area (Å²) in [6, 6.07) is 17.1. The zero-order valence-electron chi connectivity index (χ0n) is 12.1. The van der Waals surface area contributed by atoms with Crippen LogP contribution in [0.3, 0.4) is 0 Å². The summed E-state index contributed by atoms with van der Waals surface area (Å²) in [4.78, 5) is 0.424. The van der Waals surface area contributed by atoms with Gasteiger partial charge in [0.25, 0.3) is 0 Å². The van der Waals surface area contributed by atoms with Crippen LogP contribution in [0, 0.1) is 6.92 Å². The fourth-order valence-corrected chi connectivity index (χ4v) is 4.92. The van der Waals surface area contributed by atoms with E-state index in [1.807, 2.05) is 49.4 Å². The molecule has 0 aliphatic carbocycles. The Morgan fingerprint density at radius 1 is 1.00 bits per heavy atom. The van der Waals surface area contributed by atoms with Gasteiger partial charge in [-0.15, -0.1) is 0 Å². The molecule has 0 N–H and O–H groups in total. The van der Waals surface area contributed by atoms with Gasteiger partial charge in [-0.1, -0.05) is 48.5 Å². The Kier molecular flexibility index (Phi) is 3.83. The van der Waals surface area contributed by atoms with Gasteiger partial charge >= 0.3 is 0 Å². The second kappa shape index (κ2) is 5.62. The first-order valence-corrected chi connectivity index (χ1v) is 8.67. The van der Waals surface area contributed by atoms with Crippen LogP contribution in [0.4, 0.5) is 0 Å². The van der Waals surface area contributed by atoms with Gasteiger partial charge in [0, 0.05) is 6.54 Å². The average molecular weight is 301 g/mol. The van der Waals surface area contributed by atoms with Crippen molar-refractivity contribution in [1.82, 2.24) is 4.31 Å². The molecule has 1 aliphatic heterocycles. The Morgan fingerprint density at radius 2 is 1.67 bits per heavy atom. The lowest BCUT2D eigenvalue weighted by Gasteiger charge is -2.25. The van der Waals surface area contributed by atoms with Crippen molar-refractivity contribution in [3.05, 3.63) is 65.7 Å². The van der Waals surface area contributed by atoms with Crippen molar-refractivity contribution in [1.29, 1.82) is 0 Å². The molecular weight excluding hydrogens is 282 g/mol.